The van der Waals surface area contributed by atoms with Crippen LogP contribution in [0.25, 0.3) is 0 Å². The van der Waals surface area contributed by atoms with E-state index in [2.05, 4.69) is 44.2 Å². The zero-order chi connectivity index (χ0) is 11.8. The Morgan fingerprint density at radius 1 is 1.47 bits per heavy atom. The maximum absolute atomic E-state index is 9.94. The summed E-state index contributed by atoms with van der Waals surface area (Å²) in [7, 11) is 0. The quantitative estimate of drug-likeness (QED) is 0.898. The first-order valence-corrected chi connectivity index (χ1v) is 7.51. The Hall–Kier alpha value is -0.580. The van der Waals surface area contributed by atoms with Gasteiger partial charge in [-0.1, -0.05) is 0 Å². The molecule has 0 spiro atoms. The lowest BCUT2D eigenvalue weighted by atomic mass is 9.95. The molecule has 0 saturated heterocycles. The van der Waals surface area contributed by atoms with E-state index in [-0.39, 0.29) is 6.10 Å². The molecular weight excluding hydrogens is 298 g/mol. The summed E-state index contributed by atoms with van der Waals surface area (Å²) >= 11 is 5.34. The van der Waals surface area contributed by atoms with Crippen LogP contribution in [0, 0.1) is 0 Å². The minimum atomic E-state index is -0.258. The first kappa shape index (κ1) is 11.5. The monoisotopic (exact) mass is 311 g/mol. The Balaban J connectivity index is 1.92. The van der Waals surface area contributed by atoms with Crippen molar-refractivity contribution in [1.29, 1.82) is 0 Å². The molecule has 17 heavy (non-hydrogen) atoms. The van der Waals surface area contributed by atoms with Crippen LogP contribution in [0.1, 0.15) is 35.1 Å². The van der Waals surface area contributed by atoms with E-state index in [0.717, 1.165) is 31.4 Å². The number of aromatic nitrogens is 1. The minimum absolute atomic E-state index is 0.258. The Morgan fingerprint density at radius 3 is 3.12 bits per heavy atom. The van der Waals surface area contributed by atoms with E-state index in [1.54, 1.807) is 11.3 Å². The van der Waals surface area contributed by atoms with Gasteiger partial charge in [0.2, 0.25) is 0 Å². The van der Waals surface area contributed by atoms with Gasteiger partial charge < -0.3 is 9.67 Å². The molecule has 1 aliphatic carbocycles. The van der Waals surface area contributed by atoms with Gasteiger partial charge in [0, 0.05) is 26.8 Å². The summed E-state index contributed by atoms with van der Waals surface area (Å²) in [5.41, 5.74) is 2.44. The number of hydrogen-bond acceptors (Lipinski definition) is 2. The van der Waals surface area contributed by atoms with Crippen molar-refractivity contribution in [2.75, 3.05) is 0 Å². The molecule has 90 valence electrons. The Morgan fingerprint density at radius 2 is 2.35 bits per heavy atom. The number of nitrogens with zero attached hydrogens (tertiary/aromatic N) is 1. The summed E-state index contributed by atoms with van der Waals surface area (Å²) in [6, 6.07) is 4.16. The van der Waals surface area contributed by atoms with Crippen LogP contribution in [0.4, 0.5) is 0 Å². The van der Waals surface area contributed by atoms with Crippen molar-refractivity contribution < 1.29 is 5.11 Å². The number of fused-ring (bicyclic) bond motifs is 1. The lowest BCUT2D eigenvalue weighted by Gasteiger charge is -2.20. The normalized spacial score (nSPS) is 19.3. The first-order valence-electron chi connectivity index (χ1n) is 5.83. The van der Waals surface area contributed by atoms with Gasteiger partial charge in [0.15, 0.2) is 0 Å². The highest BCUT2D eigenvalue weighted by Crippen LogP contribution is 2.32. The second-order valence-corrected chi connectivity index (χ2v) is 6.30. The third-order valence-electron chi connectivity index (χ3n) is 3.37. The van der Waals surface area contributed by atoms with E-state index in [1.165, 1.54) is 15.0 Å². The highest BCUT2D eigenvalue weighted by molar-refractivity contribution is 9.10. The zero-order valence-electron chi connectivity index (χ0n) is 9.40. The first-order chi connectivity index (χ1) is 8.25. The Bertz CT molecular complexity index is 531. The highest BCUT2D eigenvalue weighted by Gasteiger charge is 2.21. The largest absolute Gasteiger partial charge is 0.388 e. The summed E-state index contributed by atoms with van der Waals surface area (Å²) < 4.78 is 3.45. The van der Waals surface area contributed by atoms with E-state index in [0.29, 0.717) is 0 Å². The van der Waals surface area contributed by atoms with Gasteiger partial charge in [-0.2, -0.15) is 0 Å². The van der Waals surface area contributed by atoms with Crippen LogP contribution in [0.15, 0.2) is 28.2 Å². The van der Waals surface area contributed by atoms with Crippen molar-refractivity contribution in [3.63, 3.8) is 0 Å². The molecule has 1 aliphatic rings. The SMILES string of the molecule is OC1CCCc2c1ccn2Cc1sccc1Br. The molecule has 4 heteroatoms. The minimum Gasteiger partial charge on any atom is -0.388 e. The molecule has 0 radical (unpaired) electrons. The van der Waals surface area contributed by atoms with Crippen LogP contribution in [0.5, 0.6) is 0 Å². The lowest BCUT2D eigenvalue weighted by Crippen LogP contribution is -2.12. The van der Waals surface area contributed by atoms with Gasteiger partial charge in [0.05, 0.1) is 12.6 Å². The molecule has 0 bridgehead atoms. The number of halogens is 1. The van der Waals surface area contributed by atoms with E-state index in [9.17, 15) is 5.11 Å². The molecular formula is C13H14BrNOS. The molecule has 2 nitrogen and oxygen atoms in total. The van der Waals surface area contributed by atoms with Crippen molar-refractivity contribution in [3.05, 3.63) is 44.3 Å². The summed E-state index contributed by atoms with van der Waals surface area (Å²) in [4.78, 5) is 1.34. The fourth-order valence-corrected chi connectivity index (χ4v) is 3.95. The predicted octanol–water partition coefficient (Wildman–Crippen LogP) is 3.73. The molecule has 0 aromatic carbocycles. The third kappa shape index (κ3) is 2.09. The molecule has 1 atom stereocenters. The molecule has 0 saturated carbocycles. The average molecular weight is 312 g/mol. The third-order valence-corrected chi connectivity index (χ3v) is 5.28. The number of hydrogen-bond donors (Lipinski definition) is 1. The van der Waals surface area contributed by atoms with Crippen LogP contribution in [0.2, 0.25) is 0 Å². The Kier molecular flexibility index (Phi) is 3.11. The summed E-state index contributed by atoms with van der Waals surface area (Å²) in [6.45, 7) is 0.903. The number of aliphatic hydroxyl groups excluding tert-OH is 1. The van der Waals surface area contributed by atoms with Crippen molar-refractivity contribution in [2.45, 2.75) is 31.9 Å². The standard InChI is InChI=1S/C13H14BrNOS/c14-10-5-7-17-13(10)8-15-6-4-9-11(15)2-1-3-12(9)16/h4-7,12,16H,1-3,8H2. The van der Waals surface area contributed by atoms with Gasteiger partial charge in [-0.25, -0.2) is 0 Å². The topological polar surface area (TPSA) is 25.2 Å². The van der Waals surface area contributed by atoms with Crippen LogP contribution < -0.4 is 0 Å². The number of rotatable bonds is 2. The molecule has 1 unspecified atom stereocenters. The van der Waals surface area contributed by atoms with E-state index in [4.69, 9.17) is 0 Å². The summed E-state index contributed by atoms with van der Waals surface area (Å²) in [5, 5.41) is 12.0. The van der Waals surface area contributed by atoms with E-state index in [1.807, 2.05) is 0 Å². The van der Waals surface area contributed by atoms with Gasteiger partial charge in [-0.15, -0.1) is 11.3 Å². The van der Waals surface area contributed by atoms with Crippen molar-refractivity contribution in [1.82, 2.24) is 4.57 Å². The molecule has 2 aromatic heterocycles. The van der Waals surface area contributed by atoms with Crippen molar-refractivity contribution >= 4 is 27.3 Å². The van der Waals surface area contributed by atoms with Crippen LogP contribution in [0.3, 0.4) is 0 Å². The molecule has 0 fully saturated rings. The predicted molar refractivity (Wildman–Crippen MR) is 73.5 cm³/mol. The molecule has 3 rings (SSSR count). The fraction of sp³-hybridized carbons (Fsp3) is 0.385. The van der Waals surface area contributed by atoms with Gasteiger partial charge in [-0.3, -0.25) is 0 Å². The summed E-state index contributed by atoms with van der Waals surface area (Å²) in [5.74, 6) is 0. The van der Waals surface area contributed by atoms with Gasteiger partial charge in [0.25, 0.3) is 0 Å². The second-order valence-electron chi connectivity index (χ2n) is 4.45. The maximum atomic E-state index is 9.94. The second kappa shape index (κ2) is 4.59. The number of thiophene rings is 1. The van der Waals surface area contributed by atoms with Crippen LogP contribution in [-0.2, 0) is 13.0 Å². The molecule has 2 aromatic rings. The molecule has 0 amide bonds. The smallest absolute Gasteiger partial charge is 0.0807 e. The van der Waals surface area contributed by atoms with Gasteiger partial charge in [-0.05, 0) is 52.7 Å². The molecule has 1 N–H and O–H groups in total. The van der Waals surface area contributed by atoms with Gasteiger partial charge in [0.1, 0.15) is 0 Å². The number of aliphatic hydroxyl groups is 1. The maximum Gasteiger partial charge on any atom is 0.0807 e. The van der Waals surface area contributed by atoms with Crippen LogP contribution in [-0.4, -0.2) is 9.67 Å². The molecule has 0 aliphatic heterocycles. The van der Waals surface area contributed by atoms with Gasteiger partial charge >= 0.3 is 0 Å². The Labute approximate surface area is 113 Å². The highest BCUT2D eigenvalue weighted by atomic mass is 79.9. The van der Waals surface area contributed by atoms with Crippen molar-refractivity contribution in [2.24, 2.45) is 0 Å². The van der Waals surface area contributed by atoms with E-state index < -0.39 is 0 Å². The molecule has 2 heterocycles. The summed E-state index contributed by atoms with van der Waals surface area (Å²) in [6.07, 6.45) is 4.92. The zero-order valence-corrected chi connectivity index (χ0v) is 11.8. The van der Waals surface area contributed by atoms with Crippen LogP contribution >= 0.6 is 27.3 Å². The fourth-order valence-electron chi connectivity index (χ4n) is 2.47. The van der Waals surface area contributed by atoms with Crippen molar-refractivity contribution in [3.8, 4) is 0 Å². The average Bonchev–Trinajstić information content (AvgIpc) is 2.89. The van der Waals surface area contributed by atoms with E-state index >= 15 is 0 Å². The lowest BCUT2D eigenvalue weighted by molar-refractivity contribution is 0.156.